The highest BCUT2D eigenvalue weighted by Crippen LogP contribution is 2.11. The van der Waals surface area contributed by atoms with Crippen molar-refractivity contribution in [3.8, 4) is 0 Å². The van der Waals surface area contributed by atoms with Gasteiger partial charge in [0.15, 0.2) is 0 Å². The molecule has 90 valence electrons. The van der Waals surface area contributed by atoms with Crippen molar-refractivity contribution in [2.75, 3.05) is 20.1 Å². The Bertz CT molecular complexity index is 340. The minimum absolute atomic E-state index is 0.630. The Morgan fingerprint density at radius 2 is 2.31 bits per heavy atom. The van der Waals surface area contributed by atoms with E-state index in [1.54, 1.807) is 0 Å². The molecule has 1 aromatic rings. The number of piperidine rings is 1. The van der Waals surface area contributed by atoms with Crippen molar-refractivity contribution in [3.63, 3.8) is 0 Å². The number of nitrogens with one attached hydrogen (secondary N) is 1. The van der Waals surface area contributed by atoms with Crippen LogP contribution in [0.25, 0.3) is 0 Å². The summed E-state index contributed by atoms with van der Waals surface area (Å²) in [4.78, 5) is 2.37. The largest absolute Gasteiger partial charge is 0.317 e. The number of hydrogen-bond acceptors (Lipinski definition) is 4. The van der Waals surface area contributed by atoms with Crippen molar-refractivity contribution >= 4 is 0 Å². The van der Waals surface area contributed by atoms with Crippen molar-refractivity contribution in [2.24, 2.45) is 7.05 Å². The first-order chi connectivity index (χ1) is 7.68. The normalized spacial score (nSPS) is 21.6. The van der Waals surface area contributed by atoms with Crippen LogP contribution in [-0.4, -0.2) is 45.8 Å². The molecular weight excluding hydrogens is 202 g/mol. The molecule has 0 radical (unpaired) electrons. The molecule has 0 aliphatic carbocycles. The average molecular weight is 223 g/mol. The van der Waals surface area contributed by atoms with E-state index in [1.165, 1.54) is 12.8 Å². The second-order valence-electron chi connectivity index (χ2n) is 4.64. The van der Waals surface area contributed by atoms with E-state index in [9.17, 15) is 0 Å². The maximum atomic E-state index is 4.20. The lowest BCUT2D eigenvalue weighted by Crippen LogP contribution is -2.44. The van der Waals surface area contributed by atoms with Gasteiger partial charge in [0.05, 0.1) is 6.54 Å². The summed E-state index contributed by atoms with van der Waals surface area (Å²) >= 11 is 0. The van der Waals surface area contributed by atoms with Gasteiger partial charge < -0.3 is 9.88 Å². The molecule has 16 heavy (non-hydrogen) atoms. The van der Waals surface area contributed by atoms with Crippen molar-refractivity contribution in [3.05, 3.63) is 11.6 Å². The molecule has 1 aromatic heterocycles. The second-order valence-corrected chi connectivity index (χ2v) is 4.64. The summed E-state index contributed by atoms with van der Waals surface area (Å²) in [7, 11) is 4.19. The first-order valence-electron chi connectivity index (χ1n) is 5.94. The van der Waals surface area contributed by atoms with Gasteiger partial charge in [-0.1, -0.05) is 0 Å². The van der Waals surface area contributed by atoms with Crippen LogP contribution in [0.1, 0.15) is 24.5 Å². The van der Waals surface area contributed by atoms with Crippen LogP contribution >= 0.6 is 0 Å². The van der Waals surface area contributed by atoms with Crippen LogP contribution in [0.2, 0.25) is 0 Å². The zero-order valence-electron chi connectivity index (χ0n) is 10.4. The number of aryl methyl sites for hydroxylation is 1. The van der Waals surface area contributed by atoms with E-state index >= 15 is 0 Å². The van der Waals surface area contributed by atoms with Gasteiger partial charge in [-0.15, -0.1) is 10.2 Å². The van der Waals surface area contributed by atoms with E-state index < -0.39 is 0 Å². The maximum Gasteiger partial charge on any atom is 0.146 e. The van der Waals surface area contributed by atoms with Crippen LogP contribution in [0.4, 0.5) is 0 Å². The predicted molar refractivity (Wildman–Crippen MR) is 63.1 cm³/mol. The summed E-state index contributed by atoms with van der Waals surface area (Å²) in [6.45, 7) is 5.11. The fraction of sp³-hybridized carbons (Fsp3) is 0.818. The summed E-state index contributed by atoms with van der Waals surface area (Å²) in [6, 6.07) is 0.630. The smallest absolute Gasteiger partial charge is 0.146 e. The fourth-order valence-corrected chi connectivity index (χ4v) is 2.15. The molecule has 1 aliphatic heterocycles. The van der Waals surface area contributed by atoms with Crippen LogP contribution in [-0.2, 0) is 13.6 Å². The molecule has 1 aliphatic rings. The maximum absolute atomic E-state index is 4.20. The lowest BCUT2D eigenvalue weighted by molar-refractivity contribution is 0.190. The van der Waals surface area contributed by atoms with Crippen LogP contribution in [0.5, 0.6) is 0 Å². The molecule has 1 N–H and O–H groups in total. The summed E-state index contributed by atoms with van der Waals surface area (Å²) in [6.07, 6.45) is 2.55. The minimum atomic E-state index is 0.630. The van der Waals surface area contributed by atoms with Crippen molar-refractivity contribution < 1.29 is 0 Å². The molecule has 2 rings (SSSR count). The fourth-order valence-electron chi connectivity index (χ4n) is 2.15. The Labute approximate surface area is 96.8 Å². The average Bonchev–Trinajstić information content (AvgIpc) is 2.62. The first kappa shape index (κ1) is 11.5. The number of rotatable bonds is 3. The topological polar surface area (TPSA) is 46.0 Å². The molecule has 1 fully saturated rings. The zero-order valence-corrected chi connectivity index (χ0v) is 10.4. The van der Waals surface area contributed by atoms with Gasteiger partial charge in [-0.05, 0) is 33.4 Å². The minimum Gasteiger partial charge on any atom is -0.317 e. The Kier molecular flexibility index (Phi) is 3.56. The lowest BCUT2D eigenvalue weighted by atomic mass is 10.1. The van der Waals surface area contributed by atoms with Gasteiger partial charge in [0.2, 0.25) is 0 Å². The first-order valence-corrected chi connectivity index (χ1v) is 5.94. The van der Waals surface area contributed by atoms with Gasteiger partial charge in [0.25, 0.3) is 0 Å². The summed E-state index contributed by atoms with van der Waals surface area (Å²) in [5, 5.41) is 11.7. The molecule has 5 heteroatoms. The lowest BCUT2D eigenvalue weighted by Gasteiger charge is -2.31. The molecule has 1 saturated heterocycles. The van der Waals surface area contributed by atoms with E-state index in [-0.39, 0.29) is 0 Å². The molecule has 1 atom stereocenters. The summed E-state index contributed by atoms with van der Waals surface area (Å²) in [5.41, 5.74) is 0. The monoisotopic (exact) mass is 223 g/mol. The SMILES string of the molecule is Cc1nnc(CN(C)C2CCCNC2)n1C. The van der Waals surface area contributed by atoms with Gasteiger partial charge >= 0.3 is 0 Å². The van der Waals surface area contributed by atoms with E-state index in [1.807, 2.05) is 14.0 Å². The van der Waals surface area contributed by atoms with E-state index in [0.717, 1.165) is 31.3 Å². The molecule has 5 nitrogen and oxygen atoms in total. The Balaban J connectivity index is 1.95. The quantitative estimate of drug-likeness (QED) is 0.801. The molecule has 1 unspecified atom stereocenters. The molecule has 0 bridgehead atoms. The van der Waals surface area contributed by atoms with Gasteiger partial charge in [-0.25, -0.2) is 0 Å². The molecule has 0 aromatic carbocycles. The Morgan fingerprint density at radius 3 is 2.88 bits per heavy atom. The van der Waals surface area contributed by atoms with Gasteiger partial charge in [0.1, 0.15) is 11.6 Å². The summed E-state index contributed by atoms with van der Waals surface area (Å²) in [5.74, 6) is 2.02. The van der Waals surface area contributed by atoms with Crippen molar-refractivity contribution in [1.82, 2.24) is 25.0 Å². The molecule has 0 amide bonds. The predicted octanol–water partition coefficient (Wildman–Crippen LogP) is 0.307. The van der Waals surface area contributed by atoms with E-state index in [2.05, 4.69) is 32.0 Å². The van der Waals surface area contributed by atoms with Gasteiger partial charge in [-0.3, -0.25) is 4.90 Å². The van der Waals surface area contributed by atoms with Gasteiger partial charge in [-0.2, -0.15) is 0 Å². The number of nitrogens with zero attached hydrogens (tertiary/aromatic N) is 4. The highest BCUT2D eigenvalue weighted by atomic mass is 15.3. The standard InChI is InChI=1S/C11H21N5/c1-9-13-14-11(16(9)3)8-15(2)10-5-4-6-12-7-10/h10,12H,4-8H2,1-3H3. The van der Waals surface area contributed by atoms with Crippen LogP contribution in [0.15, 0.2) is 0 Å². The van der Waals surface area contributed by atoms with Crippen LogP contribution in [0, 0.1) is 6.92 Å². The third kappa shape index (κ3) is 2.41. The molecule has 0 spiro atoms. The number of hydrogen-bond donors (Lipinski definition) is 1. The third-order valence-electron chi connectivity index (χ3n) is 3.47. The number of likely N-dealkylation sites (N-methyl/N-ethyl adjacent to an activating group) is 1. The third-order valence-corrected chi connectivity index (χ3v) is 3.47. The van der Waals surface area contributed by atoms with Crippen molar-refractivity contribution in [2.45, 2.75) is 32.4 Å². The van der Waals surface area contributed by atoms with Crippen LogP contribution < -0.4 is 5.32 Å². The summed E-state index contributed by atoms with van der Waals surface area (Å²) < 4.78 is 2.06. The van der Waals surface area contributed by atoms with E-state index in [4.69, 9.17) is 0 Å². The molecule has 2 heterocycles. The zero-order chi connectivity index (χ0) is 11.5. The van der Waals surface area contributed by atoms with Crippen molar-refractivity contribution in [1.29, 1.82) is 0 Å². The molecule has 0 saturated carbocycles. The second kappa shape index (κ2) is 4.93. The van der Waals surface area contributed by atoms with Crippen LogP contribution in [0.3, 0.4) is 0 Å². The van der Waals surface area contributed by atoms with Gasteiger partial charge in [0, 0.05) is 19.6 Å². The Morgan fingerprint density at radius 1 is 1.50 bits per heavy atom. The number of aromatic nitrogens is 3. The Hall–Kier alpha value is -0.940. The highest BCUT2D eigenvalue weighted by molar-refractivity contribution is 4.93. The van der Waals surface area contributed by atoms with E-state index in [0.29, 0.717) is 6.04 Å². The highest BCUT2D eigenvalue weighted by Gasteiger charge is 2.19. The molecular formula is C11H21N5.